The van der Waals surface area contributed by atoms with Gasteiger partial charge in [0.1, 0.15) is 0 Å². The van der Waals surface area contributed by atoms with Gasteiger partial charge in [0.05, 0.1) is 0 Å². The smallest absolute Gasteiger partial charge is 0.0472 e. The van der Waals surface area contributed by atoms with Crippen LogP contribution >= 0.6 is 24.8 Å². The molecule has 0 saturated carbocycles. The Morgan fingerprint density at radius 3 is 2.31 bits per heavy atom. The molecule has 0 atom stereocenters. The third-order valence-electron chi connectivity index (χ3n) is 1.87. The van der Waals surface area contributed by atoms with Crippen molar-refractivity contribution in [2.75, 3.05) is 6.54 Å². The van der Waals surface area contributed by atoms with Gasteiger partial charge in [-0.05, 0) is 12.1 Å². The maximum absolute atomic E-state index is 5.60. The second-order valence-electron chi connectivity index (χ2n) is 3.30. The number of rotatable bonds is 2. The van der Waals surface area contributed by atoms with E-state index < -0.39 is 0 Å². The molecule has 0 aliphatic carbocycles. The minimum atomic E-state index is 0. The van der Waals surface area contributed by atoms with Gasteiger partial charge in [0, 0.05) is 23.9 Å². The molecule has 13 heavy (non-hydrogen) atoms. The van der Waals surface area contributed by atoms with Crippen LogP contribution in [0.15, 0.2) is 24.4 Å². The summed E-state index contributed by atoms with van der Waals surface area (Å²) in [6, 6.07) is 5.91. The maximum atomic E-state index is 5.60. The van der Waals surface area contributed by atoms with Crippen molar-refractivity contribution < 1.29 is 0 Å². The fraction of sp³-hybridized carbons (Fsp3) is 0.444. The second kappa shape index (κ2) is 6.19. The fourth-order valence-corrected chi connectivity index (χ4v) is 0.868. The van der Waals surface area contributed by atoms with Crippen molar-refractivity contribution in [3.63, 3.8) is 0 Å². The molecule has 0 bridgehead atoms. The molecule has 0 fully saturated rings. The molecule has 2 nitrogen and oxygen atoms in total. The molecular formula is C9H16Cl2N2. The van der Waals surface area contributed by atoms with Crippen LogP contribution in [0.1, 0.15) is 19.5 Å². The molecule has 0 radical (unpaired) electrons. The van der Waals surface area contributed by atoms with E-state index in [9.17, 15) is 0 Å². The summed E-state index contributed by atoms with van der Waals surface area (Å²) in [4.78, 5) is 4.24. The molecule has 1 aromatic rings. The van der Waals surface area contributed by atoms with E-state index in [-0.39, 0.29) is 30.2 Å². The number of halogens is 2. The summed E-state index contributed by atoms with van der Waals surface area (Å²) in [6.45, 7) is 4.81. The van der Waals surface area contributed by atoms with E-state index >= 15 is 0 Å². The van der Waals surface area contributed by atoms with Crippen molar-refractivity contribution in [1.82, 2.24) is 4.98 Å². The summed E-state index contributed by atoms with van der Waals surface area (Å²) in [5.41, 5.74) is 6.66. The van der Waals surface area contributed by atoms with Gasteiger partial charge in [-0.25, -0.2) is 0 Å². The van der Waals surface area contributed by atoms with Crippen LogP contribution in [0.5, 0.6) is 0 Å². The van der Waals surface area contributed by atoms with E-state index in [2.05, 4.69) is 18.8 Å². The van der Waals surface area contributed by atoms with Crippen LogP contribution in [0.25, 0.3) is 0 Å². The Kier molecular flexibility index (Phi) is 7.23. The molecule has 0 aliphatic heterocycles. The Balaban J connectivity index is 0. The number of nitrogens with zero attached hydrogens (tertiary/aromatic N) is 1. The number of aromatic nitrogens is 1. The second-order valence-corrected chi connectivity index (χ2v) is 3.30. The Morgan fingerprint density at radius 2 is 1.92 bits per heavy atom. The lowest BCUT2D eigenvalue weighted by molar-refractivity contribution is 0.522. The average molecular weight is 223 g/mol. The van der Waals surface area contributed by atoms with Gasteiger partial charge in [-0.1, -0.05) is 19.9 Å². The highest BCUT2D eigenvalue weighted by molar-refractivity contribution is 5.85. The number of hydrogen-bond acceptors (Lipinski definition) is 2. The van der Waals surface area contributed by atoms with Crippen molar-refractivity contribution >= 4 is 24.8 Å². The lowest BCUT2D eigenvalue weighted by Gasteiger charge is -2.20. The Morgan fingerprint density at radius 1 is 1.31 bits per heavy atom. The molecule has 2 N–H and O–H groups in total. The van der Waals surface area contributed by atoms with Gasteiger partial charge in [-0.3, -0.25) is 4.98 Å². The quantitative estimate of drug-likeness (QED) is 0.834. The van der Waals surface area contributed by atoms with Crippen LogP contribution in [0.4, 0.5) is 0 Å². The normalized spacial score (nSPS) is 9.77. The topological polar surface area (TPSA) is 38.9 Å². The summed E-state index contributed by atoms with van der Waals surface area (Å²) in [6.07, 6.45) is 1.80. The van der Waals surface area contributed by atoms with Crippen molar-refractivity contribution in [2.45, 2.75) is 19.3 Å². The Hall–Kier alpha value is -0.310. The first-order valence-corrected chi connectivity index (χ1v) is 3.78. The van der Waals surface area contributed by atoms with Gasteiger partial charge in [-0.2, -0.15) is 0 Å². The lowest BCUT2D eigenvalue weighted by Crippen LogP contribution is -2.28. The summed E-state index contributed by atoms with van der Waals surface area (Å²) < 4.78 is 0. The number of hydrogen-bond donors (Lipinski definition) is 1. The molecule has 0 unspecified atom stereocenters. The molecule has 0 spiro atoms. The summed E-state index contributed by atoms with van der Waals surface area (Å²) in [5, 5.41) is 0. The molecule has 76 valence electrons. The van der Waals surface area contributed by atoms with E-state index in [1.54, 1.807) is 6.20 Å². The van der Waals surface area contributed by atoms with E-state index in [0.717, 1.165) is 5.69 Å². The minimum Gasteiger partial charge on any atom is -0.330 e. The van der Waals surface area contributed by atoms with Crippen LogP contribution < -0.4 is 5.73 Å². The van der Waals surface area contributed by atoms with Gasteiger partial charge >= 0.3 is 0 Å². The zero-order valence-corrected chi connectivity index (χ0v) is 9.49. The van der Waals surface area contributed by atoms with Gasteiger partial charge in [-0.15, -0.1) is 24.8 Å². The first-order chi connectivity index (χ1) is 5.17. The first-order valence-electron chi connectivity index (χ1n) is 3.78. The lowest BCUT2D eigenvalue weighted by atomic mass is 9.89. The molecule has 0 aromatic carbocycles. The van der Waals surface area contributed by atoms with E-state index in [4.69, 9.17) is 5.73 Å². The Labute approximate surface area is 91.8 Å². The van der Waals surface area contributed by atoms with E-state index in [1.807, 2.05) is 18.2 Å². The first kappa shape index (κ1) is 15.2. The van der Waals surface area contributed by atoms with Crippen LogP contribution in [0.3, 0.4) is 0 Å². The van der Waals surface area contributed by atoms with E-state index in [0.29, 0.717) is 6.54 Å². The molecule has 1 rings (SSSR count). The highest BCUT2D eigenvalue weighted by Gasteiger charge is 2.18. The predicted octanol–water partition coefficient (Wildman–Crippen LogP) is 2.16. The van der Waals surface area contributed by atoms with Crippen LogP contribution in [0.2, 0.25) is 0 Å². The van der Waals surface area contributed by atoms with Gasteiger partial charge in [0.25, 0.3) is 0 Å². The summed E-state index contributed by atoms with van der Waals surface area (Å²) >= 11 is 0. The van der Waals surface area contributed by atoms with Crippen LogP contribution in [0, 0.1) is 0 Å². The third-order valence-corrected chi connectivity index (χ3v) is 1.87. The largest absolute Gasteiger partial charge is 0.330 e. The van der Waals surface area contributed by atoms with Gasteiger partial charge < -0.3 is 5.73 Å². The van der Waals surface area contributed by atoms with Crippen molar-refractivity contribution in [3.8, 4) is 0 Å². The molecular weight excluding hydrogens is 207 g/mol. The molecule has 0 amide bonds. The third kappa shape index (κ3) is 3.94. The summed E-state index contributed by atoms with van der Waals surface area (Å²) in [7, 11) is 0. The number of nitrogens with two attached hydrogens (primary N) is 1. The Bertz CT molecular complexity index is 224. The van der Waals surface area contributed by atoms with Crippen molar-refractivity contribution in [3.05, 3.63) is 30.1 Å². The SMILES string of the molecule is CC(C)(CN)c1ccccn1.Cl.Cl. The van der Waals surface area contributed by atoms with Gasteiger partial charge in [0.15, 0.2) is 0 Å². The number of pyridine rings is 1. The molecule has 1 heterocycles. The van der Waals surface area contributed by atoms with Crippen molar-refractivity contribution in [2.24, 2.45) is 5.73 Å². The standard InChI is InChI=1S/C9H14N2.2ClH/c1-9(2,7-10)8-5-3-4-6-11-8;;/h3-6H,7,10H2,1-2H3;2*1H. The molecule has 4 heteroatoms. The monoisotopic (exact) mass is 222 g/mol. The fourth-order valence-electron chi connectivity index (χ4n) is 0.868. The highest BCUT2D eigenvalue weighted by Crippen LogP contribution is 2.17. The highest BCUT2D eigenvalue weighted by atomic mass is 35.5. The molecule has 0 saturated heterocycles. The van der Waals surface area contributed by atoms with E-state index in [1.165, 1.54) is 0 Å². The maximum Gasteiger partial charge on any atom is 0.0472 e. The molecule has 0 aliphatic rings. The zero-order valence-electron chi connectivity index (χ0n) is 7.86. The minimum absolute atomic E-state index is 0. The van der Waals surface area contributed by atoms with Gasteiger partial charge in [0.2, 0.25) is 0 Å². The molecule has 1 aromatic heterocycles. The summed E-state index contributed by atoms with van der Waals surface area (Å²) in [5.74, 6) is 0. The average Bonchev–Trinajstić information content (AvgIpc) is 2.06. The van der Waals surface area contributed by atoms with Crippen LogP contribution in [-0.2, 0) is 5.41 Å². The zero-order chi connectivity index (χ0) is 8.32. The van der Waals surface area contributed by atoms with Crippen LogP contribution in [-0.4, -0.2) is 11.5 Å². The van der Waals surface area contributed by atoms with Crippen molar-refractivity contribution in [1.29, 1.82) is 0 Å². The predicted molar refractivity (Wildman–Crippen MR) is 60.8 cm³/mol.